The zero-order chi connectivity index (χ0) is 13.9. The summed E-state index contributed by atoms with van der Waals surface area (Å²) >= 11 is 0. The molecule has 5 heteroatoms. The molecule has 1 heterocycles. The predicted octanol–water partition coefficient (Wildman–Crippen LogP) is 2.18. The third kappa shape index (κ3) is 2.51. The summed E-state index contributed by atoms with van der Waals surface area (Å²) in [6.07, 6.45) is 0.237. The third-order valence-corrected chi connectivity index (χ3v) is 3.06. The minimum atomic E-state index is -0.123. The van der Waals surface area contributed by atoms with E-state index in [2.05, 4.69) is 5.32 Å². The molecule has 1 aliphatic heterocycles. The average Bonchev–Trinajstić information content (AvgIpc) is 2.89. The van der Waals surface area contributed by atoms with Crippen LogP contribution >= 0.6 is 0 Å². The summed E-state index contributed by atoms with van der Waals surface area (Å²) in [5.41, 5.74) is 7.92. The molecule has 2 aromatic rings. The number of anilines is 2. The molecule has 0 aromatic heterocycles. The Morgan fingerprint density at radius 1 is 1.15 bits per heavy atom. The van der Waals surface area contributed by atoms with E-state index in [1.807, 2.05) is 18.2 Å². The van der Waals surface area contributed by atoms with Crippen LogP contribution < -0.4 is 20.5 Å². The Labute approximate surface area is 116 Å². The number of carbonyl (C=O) groups excluding carboxylic acids is 1. The van der Waals surface area contributed by atoms with E-state index in [0.717, 1.165) is 5.56 Å². The van der Waals surface area contributed by atoms with Crippen molar-refractivity contribution in [2.45, 2.75) is 6.42 Å². The fourth-order valence-electron chi connectivity index (χ4n) is 2.05. The topological polar surface area (TPSA) is 73.6 Å². The predicted molar refractivity (Wildman–Crippen MR) is 75.8 cm³/mol. The van der Waals surface area contributed by atoms with Gasteiger partial charge < -0.3 is 20.5 Å². The summed E-state index contributed by atoms with van der Waals surface area (Å²) in [5, 5.41) is 2.82. The molecule has 0 bridgehead atoms. The van der Waals surface area contributed by atoms with Gasteiger partial charge in [0.05, 0.1) is 6.42 Å². The molecule has 0 radical (unpaired) electrons. The maximum absolute atomic E-state index is 12.0. The first-order valence-corrected chi connectivity index (χ1v) is 6.25. The standard InChI is InChI=1S/C15H14N2O3/c16-12-4-2-1-3-10(12)7-15(18)17-11-5-6-13-14(8-11)20-9-19-13/h1-6,8H,7,9,16H2,(H,17,18). The van der Waals surface area contributed by atoms with Crippen LogP contribution in [0.25, 0.3) is 0 Å². The van der Waals surface area contributed by atoms with Crippen molar-refractivity contribution in [3.05, 3.63) is 48.0 Å². The first-order valence-electron chi connectivity index (χ1n) is 6.25. The zero-order valence-electron chi connectivity index (χ0n) is 10.8. The Morgan fingerprint density at radius 3 is 2.80 bits per heavy atom. The van der Waals surface area contributed by atoms with Crippen LogP contribution in [0, 0.1) is 0 Å². The number of nitrogen functional groups attached to an aromatic ring is 1. The van der Waals surface area contributed by atoms with Crippen LogP contribution in [0.3, 0.4) is 0 Å². The van der Waals surface area contributed by atoms with E-state index in [9.17, 15) is 4.79 Å². The number of rotatable bonds is 3. The van der Waals surface area contributed by atoms with Gasteiger partial charge in [-0.1, -0.05) is 18.2 Å². The highest BCUT2D eigenvalue weighted by molar-refractivity contribution is 5.93. The highest BCUT2D eigenvalue weighted by Crippen LogP contribution is 2.34. The molecule has 0 saturated carbocycles. The van der Waals surface area contributed by atoms with Crippen molar-refractivity contribution >= 4 is 17.3 Å². The van der Waals surface area contributed by atoms with Crippen LogP contribution in [0.2, 0.25) is 0 Å². The molecule has 5 nitrogen and oxygen atoms in total. The first kappa shape index (κ1) is 12.3. The Balaban J connectivity index is 1.69. The molecular weight excluding hydrogens is 256 g/mol. The second kappa shape index (κ2) is 5.13. The van der Waals surface area contributed by atoms with Crippen molar-refractivity contribution in [1.29, 1.82) is 0 Å². The molecule has 0 fully saturated rings. The maximum Gasteiger partial charge on any atom is 0.231 e. The van der Waals surface area contributed by atoms with Gasteiger partial charge in [-0.05, 0) is 23.8 Å². The molecule has 3 N–H and O–H groups in total. The monoisotopic (exact) mass is 270 g/mol. The normalized spacial score (nSPS) is 12.2. The minimum absolute atomic E-state index is 0.123. The molecule has 20 heavy (non-hydrogen) atoms. The Bertz CT molecular complexity index is 655. The lowest BCUT2D eigenvalue weighted by molar-refractivity contribution is -0.115. The SMILES string of the molecule is Nc1ccccc1CC(=O)Nc1ccc2c(c1)OCO2. The smallest absolute Gasteiger partial charge is 0.231 e. The van der Waals surface area contributed by atoms with Gasteiger partial charge in [0.1, 0.15) is 0 Å². The van der Waals surface area contributed by atoms with Crippen molar-refractivity contribution in [3.63, 3.8) is 0 Å². The lowest BCUT2D eigenvalue weighted by Crippen LogP contribution is -2.15. The van der Waals surface area contributed by atoms with Crippen LogP contribution in [0.5, 0.6) is 11.5 Å². The molecule has 2 aromatic carbocycles. The van der Waals surface area contributed by atoms with Gasteiger partial charge in [-0.2, -0.15) is 0 Å². The van der Waals surface area contributed by atoms with Crippen LogP contribution in [0.1, 0.15) is 5.56 Å². The Morgan fingerprint density at radius 2 is 1.95 bits per heavy atom. The van der Waals surface area contributed by atoms with E-state index in [1.165, 1.54) is 0 Å². The molecule has 0 unspecified atom stereocenters. The highest BCUT2D eigenvalue weighted by atomic mass is 16.7. The van der Waals surface area contributed by atoms with E-state index < -0.39 is 0 Å². The number of benzene rings is 2. The number of carbonyl (C=O) groups is 1. The second-order valence-corrected chi connectivity index (χ2v) is 4.49. The Kier molecular flexibility index (Phi) is 3.16. The van der Waals surface area contributed by atoms with Crippen molar-refractivity contribution in [1.82, 2.24) is 0 Å². The molecule has 3 rings (SSSR count). The largest absolute Gasteiger partial charge is 0.454 e. The van der Waals surface area contributed by atoms with Gasteiger partial charge in [0, 0.05) is 17.4 Å². The van der Waals surface area contributed by atoms with Gasteiger partial charge in [0.2, 0.25) is 12.7 Å². The molecule has 102 valence electrons. The summed E-state index contributed by atoms with van der Waals surface area (Å²) in [5.74, 6) is 1.21. The number of hydrogen-bond acceptors (Lipinski definition) is 4. The molecule has 1 amide bonds. The fraction of sp³-hybridized carbons (Fsp3) is 0.133. The van der Waals surface area contributed by atoms with Gasteiger partial charge >= 0.3 is 0 Å². The lowest BCUT2D eigenvalue weighted by Gasteiger charge is -2.07. The molecule has 0 aliphatic carbocycles. The third-order valence-electron chi connectivity index (χ3n) is 3.06. The number of amides is 1. The average molecular weight is 270 g/mol. The van der Waals surface area contributed by atoms with Crippen LogP contribution in [-0.4, -0.2) is 12.7 Å². The van der Waals surface area contributed by atoms with Gasteiger partial charge in [0.25, 0.3) is 0 Å². The number of para-hydroxylation sites is 1. The number of ether oxygens (including phenoxy) is 2. The highest BCUT2D eigenvalue weighted by Gasteiger charge is 2.14. The zero-order valence-corrected chi connectivity index (χ0v) is 10.8. The summed E-state index contributed by atoms with van der Waals surface area (Å²) in [4.78, 5) is 12.0. The summed E-state index contributed by atoms with van der Waals surface area (Å²) in [6.45, 7) is 0.216. The van der Waals surface area contributed by atoms with Crippen molar-refractivity contribution < 1.29 is 14.3 Å². The maximum atomic E-state index is 12.0. The fourth-order valence-corrected chi connectivity index (χ4v) is 2.05. The molecule has 0 spiro atoms. The molecule has 0 saturated heterocycles. The van der Waals surface area contributed by atoms with E-state index in [-0.39, 0.29) is 19.1 Å². The van der Waals surface area contributed by atoms with Crippen LogP contribution in [0.4, 0.5) is 11.4 Å². The van der Waals surface area contributed by atoms with Gasteiger partial charge in [-0.3, -0.25) is 4.79 Å². The first-order chi connectivity index (χ1) is 9.72. The number of fused-ring (bicyclic) bond motifs is 1. The molecule has 0 atom stereocenters. The van der Waals surface area contributed by atoms with E-state index in [0.29, 0.717) is 22.9 Å². The summed E-state index contributed by atoms with van der Waals surface area (Å²) < 4.78 is 10.5. The van der Waals surface area contributed by atoms with E-state index in [1.54, 1.807) is 24.3 Å². The van der Waals surface area contributed by atoms with Crippen molar-refractivity contribution in [2.24, 2.45) is 0 Å². The van der Waals surface area contributed by atoms with Crippen molar-refractivity contribution in [2.75, 3.05) is 17.8 Å². The van der Waals surface area contributed by atoms with Gasteiger partial charge in [-0.15, -0.1) is 0 Å². The van der Waals surface area contributed by atoms with E-state index >= 15 is 0 Å². The van der Waals surface area contributed by atoms with Gasteiger partial charge in [0.15, 0.2) is 11.5 Å². The van der Waals surface area contributed by atoms with Crippen LogP contribution in [0.15, 0.2) is 42.5 Å². The molecule has 1 aliphatic rings. The van der Waals surface area contributed by atoms with Crippen LogP contribution in [-0.2, 0) is 11.2 Å². The molecular formula is C15H14N2O3. The number of nitrogens with two attached hydrogens (primary N) is 1. The lowest BCUT2D eigenvalue weighted by atomic mass is 10.1. The summed E-state index contributed by atoms with van der Waals surface area (Å²) in [7, 11) is 0. The second-order valence-electron chi connectivity index (χ2n) is 4.49. The number of hydrogen-bond donors (Lipinski definition) is 2. The van der Waals surface area contributed by atoms with Gasteiger partial charge in [-0.25, -0.2) is 0 Å². The summed E-state index contributed by atoms with van der Waals surface area (Å²) in [6, 6.07) is 12.6. The van der Waals surface area contributed by atoms with E-state index in [4.69, 9.17) is 15.2 Å². The number of nitrogens with one attached hydrogen (secondary N) is 1. The Hall–Kier alpha value is -2.69. The quantitative estimate of drug-likeness (QED) is 0.838. The minimum Gasteiger partial charge on any atom is -0.454 e. The van der Waals surface area contributed by atoms with Crippen molar-refractivity contribution in [3.8, 4) is 11.5 Å².